The summed E-state index contributed by atoms with van der Waals surface area (Å²) in [7, 11) is 1.65. The number of nitrogens with zero attached hydrogens (tertiary/aromatic N) is 2. The Morgan fingerprint density at radius 2 is 1.83 bits per heavy atom. The Kier molecular flexibility index (Phi) is 3.25. The van der Waals surface area contributed by atoms with Gasteiger partial charge in [0, 0.05) is 24.8 Å². The lowest BCUT2D eigenvalue weighted by molar-refractivity contribution is -0.137. The molecule has 1 atom stereocenters. The highest BCUT2D eigenvalue weighted by atomic mass is 16.6. The van der Waals surface area contributed by atoms with Crippen LogP contribution in [0.4, 0.5) is 10.5 Å². The lowest BCUT2D eigenvalue weighted by atomic mass is 9.80. The van der Waals surface area contributed by atoms with E-state index < -0.39 is 23.0 Å². The molecule has 2 heterocycles. The molecule has 0 saturated carbocycles. The van der Waals surface area contributed by atoms with Gasteiger partial charge in [0.1, 0.15) is 5.60 Å². The Morgan fingerprint density at radius 3 is 2.48 bits per heavy atom. The summed E-state index contributed by atoms with van der Waals surface area (Å²) >= 11 is 0. The van der Waals surface area contributed by atoms with Crippen molar-refractivity contribution in [1.29, 1.82) is 0 Å². The van der Waals surface area contributed by atoms with Crippen molar-refractivity contribution in [1.82, 2.24) is 4.90 Å². The van der Waals surface area contributed by atoms with Gasteiger partial charge in [-0.05, 0) is 33.3 Å². The Morgan fingerprint density at radius 1 is 1.17 bits per heavy atom. The second-order valence-electron chi connectivity index (χ2n) is 6.97. The number of fused-ring (bicyclic) bond motifs is 2. The summed E-state index contributed by atoms with van der Waals surface area (Å²) < 4.78 is 5.29. The molecule has 1 fully saturated rings. The molecule has 6 heteroatoms. The van der Waals surface area contributed by atoms with Gasteiger partial charge < -0.3 is 9.64 Å². The molecule has 0 aromatic heterocycles. The second kappa shape index (κ2) is 4.81. The smallest absolute Gasteiger partial charge is 0.417 e. The third-order valence-electron chi connectivity index (χ3n) is 4.33. The fourth-order valence-corrected chi connectivity index (χ4v) is 3.30. The largest absolute Gasteiger partial charge is 0.443 e. The van der Waals surface area contributed by atoms with Crippen LogP contribution in [0.3, 0.4) is 0 Å². The fraction of sp³-hybridized carbons (Fsp3) is 0.471. The number of rotatable bonds is 0. The Balaban J connectivity index is 1.98. The zero-order valence-corrected chi connectivity index (χ0v) is 13.8. The minimum atomic E-state index is -1.29. The van der Waals surface area contributed by atoms with E-state index in [1.807, 2.05) is 12.1 Å². The van der Waals surface area contributed by atoms with E-state index in [0.29, 0.717) is 5.56 Å². The SMILES string of the molecule is CN1C(=O)C2(CCN(C(=O)OC(C)(C)C)C2=O)c2ccccc21. The first-order valence-electron chi connectivity index (χ1n) is 7.61. The van der Waals surface area contributed by atoms with Crippen molar-refractivity contribution < 1.29 is 19.1 Å². The van der Waals surface area contributed by atoms with Crippen molar-refractivity contribution in [3.63, 3.8) is 0 Å². The van der Waals surface area contributed by atoms with E-state index in [0.717, 1.165) is 10.6 Å². The van der Waals surface area contributed by atoms with Gasteiger partial charge in [-0.1, -0.05) is 18.2 Å². The fourth-order valence-electron chi connectivity index (χ4n) is 3.30. The van der Waals surface area contributed by atoms with Crippen LogP contribution in [0.2, 0.25) is 0 Å². The number of benzene rings is 1. The first-order chi connectivity index (χ1) is 10.7. The highest BCUT2D eigenvalue weighted by molar-refractivity contribution is 6.24. The normalized spacial score (nSPS) is 23.7. The lowest BCUT2D eigenvalue weighted by Gasteiger charge is -2.25. The van der Waals surface area contributed by atoms with Crippen LogP contribution in [0.15, 0.2) is 24.3 Å². The summed E-state index contributed by atoms with van der Waals surface area (Å²) in [5.41, 5.74) is -0.593. The van der Waals surface area contributed by atoms with Gasteiger partial charge >= 0.3 is 6.09 Å². The zero-order chi connectivity index (χ0) is 17.0. The standard InChI is InChI=1S/C17H20N2O4/c1-16(2,3)23-15(22)19-10-9-17(14(19)21)11-7-5-6-8-12(11)18(4)13(17)20/h5-8H,9-10H2,1-4H3. The first-order valence-corrected chi connectivity index (χ1v) is 7.61. The molecule has 0 bridgehead atoms. The third-order valence-corrected chi connectivity index (χ3v) is 4.33. The van der Waals surface area contributed by atoms with Crippen LogP contribution in [0, 0.1) is 0 Å². The molecule has 3 rings (SSSR count). The lowest BCUT2D eigenvalue weighted by Crippen LogP contribution is -2.47. The molecule has 23 heavy (non-hydrogen) atoms. The topological polar surface area (TPSA) is 66.9 Å². The zero-order valence-electron chi connectivity index (χ0n) is 13.8. The highest BCUT2D eigenvalue weighted by Gasteiger charge is 2.61. The average Bonchev–Trinajstić information content (AvgIpc) is 2.91. The molecule has 2 aliphatic rings. The molecule has 1 spiro atoms. The maximum Gasteiger partial charge on any atom is 0.417 e. The number of anilines is 1. The molecular formula is C17H20N2O4. The number of likely N-dealkylation sites (N-methyl/N-ethyl adjacent to an activating group) is 1. The number of hydrogen-bond acceptors (Lipinski definition) is 4. The van der Waals surface area contributed by atoms with Crippen LogP contribution < -0.4 is 4.90 Å². The second-order valence-corrected chi connectivity index (χ2v) is 6.97. The number of carbonyl (C=O) groups excluding carboxylic acids is 3. The Hall–Kier alpha value is -2.37. The number of imide groups is 1. The summed E-state index contributed by atoms with van der Waals surface area (Å²) in [6.45, 7) is 5.41. The highest BCUT2D eigenvalue weighted by Crippen LogP contribution is 2.47. The van der Waals surface area contributed by atoms with E-state index in [4.69, 9.17) is 4.74 Å². The van der Waals surface area contributed by atoms with E-state index in [2.05, 4.69) is 0 Å². The minimum Gasteiger partial charge on any atom is -0.443 e. The monoisotopic (exact) mass is 316 g/mol. The average molecular weight is 316 g/mol. The van der Waals surface area contributed by atoms with Crippen molar-refractivity contribution >= 4 is 23.6 Å². The number of carbonyl (C=O) groups is 3. The van der Waals surface area contributed by atoms with Gasteiger partial charge in [0.25, 0.3) is 5.91 Å². The summed E-state index contributed by atoms with van der Waals surface area (Å²) in [6, 6.07) is 7.22. The summed E-state index contributed by atoms with van der Waals surface area (Å²) in [4.78, 5) is 40.5. The van der Waals surface area contributed by atoms with Gasteiger partial charge in [-0.2, -0.15) is 0 Å². The number of para-hydroxylation sites is 1. The third kappa shape index (κ3) is 2.12. The molecule has 122 valence electrons. The molecule has 3 amide bonds. The van der Waals surface area contributed by atoms with Crippen LogP contribution in [-0.4, -0.2) is 42.0 Å². The van der Waals surface area contributed by atoms with Crippen LogP contribution in [0.25, 0.3) is 0 Å². The van der Waals surface area contributed by atoms with Crippen LogP contribution >= 0.6 is 0 Å². The number of amides is 3. The maximum atomic E-state index is 13.0. The number of hydrogen-bond donors (Lipinski definition) is 0. The van der Waals surface area contributed by atoms with Crippen molar-refractivity contribution in [2.24, 2.45) is 0 Å². The van der Waals surface area contributed by atoms with E-state index in [9.17, 15) is 14.4 Å². The molecule has 1 aromatic carbocycles. The van der Waals surface area contributed by atoms with E-state index in [-0.39, 0.29) is 18.9 Å². The molecule has 1 unspecified atom stereocenters. The van der Waals surface area contributed by atoms with Gasteiger partial charge in [-0.25, -0.2) is 9.69 Å². The Bertz CT molecular complexity index is 707. The number of likely N-dealkylation sites (tertiary alicyclic amines) is 1. The maximum absolute atomic E-state index is 13.0. The van der Waals surface area contributed by atoms with Crippen LogP contribution in [-0.2, 0) is 19.7 Å². The Labute approximate surface area is 135 Å². The van der Waals surface area contributed by atoms with Crippen molar-refractivity contribution in [2.45, 2.75) is 38.2 Å². The van der Waals surface area contributed by atoms with Gasteiger partial charge in [-0.15, -0.1) is 0 Å². The minimum absolute atomic E-state index is 0.182. The van der Waals surface area contributed by atoms with Gasteiger partial charge in [0.15, 0.2) is 5.41 Å². The van der Waals surface area contributed by atoms with Crippen molar-refractivity contribution in [2.75, 3.05) is 18.5 Å². The summed E-state index contributed by atoms with van der Waals surface area (Å²) in [5.74, 6) is -0.775. The summed E-state index contributed by atoms with van der Waals surface area (Å²) in [6.07, 6.45) is -0.412. The van der Waals surface area contributed by atoms with Crippen molar-refractivity contribution in [3.8, 4) is 0 Å². The molecule has 1 saturated heterocycles. The van der Waals surface area contributed by atoms with Crippen molar-refractivity contribution in [3.05, 3.63) is 29.8 Å². The molecule has 6 nitrogen and oxygen atoms in total. The van der Waals surface area contributed by atoms with E-state index >= 15 is 0 Å². The molecule has 0 N–H and O–H groups in total. The van der Waals surface area contributed by atoms with Gasteiger partial charge in [-0.3, -0.25) is 9.59 Å². The van der Waals surface area contributed by atoms with Gasteiger partial charge in [0.05, 0.1) is 0 Å². The molecular weight excluding hydrogens is 296 g/mol. The summed E-state index contributed by atoms with van der Waals surface area (Å²) in [5, 5.41) is 0. The van der Waals surface area contributed by atoms with E-state index in [1.165, 1.54) is 4.90 Å². The molecule has 2 aliphatic heterocycles. The van der Waals surface area contributed by atoms with E-state index in [1.54, 1.807) is 40.0 Å². The molecule has 0 radical (unpaired) electrons. The number of ether oxygens (including phenoxy) is 1. The quantitative estimate of drug-likeness (QED) is 0.687. The van der Waals surface area contributed by atoms with Crippen LogP contribution in [0.1, 0.15) is 32.8 Å². The predicted octanol–water partition coefficient (Wildman–Crippen LogP) is 2.07. The van der Waals surface area contributed by atoms with Crippen LogP contribution in [0.5, 0.6) is 0 Å². The predicted molar refractivity (Wildman–Crippen MR) is 84.1 cm³/mol. The molecule has 0 aliphatic carbocycles. The van der Waals surface area contributed by atoms with Gasteiger partial charge in [0.2, 0.25) is 5.91 Å². The first kappa shape index (κ1) is 15.5. The molecule has 1 aromatic rings.